The van der Waals surface area contributed by atoms with E-state index in [4.69, 9.17) is 4.74 Å². The highest BCUT2D eigenvalue weighted by atomic mass is 16.5. The first kappa shape index (κ1) is 14.7. The molecule has 116 valence electrons. The van der Waals surface area contributed by atoms with Gasteiger partial charge in [-0.25, -0.2) is 4.68 Å². The molecule has 0 saturated heterocycles. The zero-order valence-electron chi connectivity index (χ0n) is 12.5. The van der Waals surface area contributed by atoms with Crippen LogP contribution in [-0.4, -0.2) is 32.7 Å². The molecule has 2 aromatic carbocycles. The van der Waals surface area contributed by atoms with E-state index < -0.39 is 0 Å². The first-order valence-electron chi connectivity index (χ1n) is 7.03. The van der Waals surface area contributed by atoms with E-state index in [9.17, 15) is 4.79 Å². The number of hydrogen-bond acceptors (Lipinski definition) is 5. The van der Waals surface area contributed by atoms with Gasteiger partial charge in [0.1, 0.15) is 12.1 Å². The SMILES string of the molecule is Cc1ccc(NC(=O)COc2ccc(-n3cnnn3)cc2)cc1. The van der Waals surface area contributed by atoms with Crippen LogP contribution >= 0.6 is 0 Å². The third-order valence-corrected chi connectivity index (χ3v) is 3.16. The molecule has 0 aliphatic rings. The van der Waals surface area contributed by atoms with Crippen LogP contribution in [0.3, 0.4) is 0 Å². The van der Waals surface area contributed by atoms with E-state index >= 15 is 0 Å². The van der Waals surface area contributed by atoms with Crippen molar-refractivity contribution in [1.29, 1.82) is 0 Å². The van der Waals surface area contributed by atoms with Crippen molar-refractivity contribution >= 4 is 11.6 Å². The third-order valence-electron chi connectivity index (χ3n) is 3.16. The Hall–Kier alpha value is -3.22. The molecule has 7 heteroatoms. The van der Waals surface area contributed by atoms with Gasteiger partial charge in [-0.05, 0) is 53.7 Å². The van der Waals surface area contributed by atoms with Gasteiger partial charge in [-0.1, -0.05) is 17.7 Å². The van der Waals surface area contributed by atoms with E-state index in [-0.39, 0.29) is 12.5 Å². The minimum atomic E-state index is -0.210. The summed E-state index contributed by atoms with van der Waals surface area (Å²) in [5.41, 5.74) is 2.70. The largest absolute Gasteiger partial charge is 0.484 e. The fourth-order valence-electron chi connectivity index (χ4n) is 1.96. The average molecular weight is 309 g/mol. The molecule has 1 aromatic heterocycles. The summed E-state index contributed by atoms with van der Waals surface area (Å²) in [6.45, 7) is 1.94. The van der Waals surface area contributed by atoms with Crippen molar-refractivity contribution in [2.75, 3.05) is 11.9 Å². The molecule has 0 saturated carbocycles. The second-order valence-corrected chi connectivity index (χ2v) is 4.95. The van der Waals surface area contributed by atoms with Crippen LogP contribution in [0, 0.1) is 6.92 Å². The monoisotopic (exact) mass is 309 g/mol. The summed E-state index contributed by atoms with van der Waals surface area (Å²) >= 11 is 0. The number of hydrogen-bond donors (Lipinski definition) is 1. The van der Waals surface area contributed by atoms with E-state index in [0.717, 1.165) is 16.9 Å². The number of nitrogens with one attached hydrogen (secondary N) is 1. The van der Waals surface area contributed by atoms with E-state index in [1.165, 1.54) is 11.0 Å². The number of aryl methyl sites for hydroxylation is 1. The summed E-state index contributed by atoms with van der Waals surface area (Å²) in [6.07, 6.45) is 1.50. The van der Waals surface area contributed by atoms with Crippen molar-refractivity contribution < 1.29 is 9.53 Å². The molecule has 0 unspecified atom stereocenters. The number of benzene rings is 2. The molecular formula is C16H15N5O2. The minimum absolute atomic E-state index is 0.0574. The molecule has 0 fully saturated rings. The van der Waals surface area contributed by atoms with Crippen LogP contribution in [0.25, 0.3) is 5.69 Å². The Morgan fingerprint density at radius 3 is 2.52 bits per heavy atom. The minimum Gasteiger partial charge on any atom is -0.484 e. The number of amides is 1. The quantitative estimate of drug-likeness (QED) is 0.779. The lowest BCUT2D eigenvalue weighted by Crippen LogP contribution is -2.20. The van der Waals surface area contributed by atoms with Gasteiger partial charge in [0.05, 0.1) is 5.69 Å². The van der Waals surface area contributed by atoms with Crippen molar-refractivity contribution in [3.05, 3.63) is 60.4 Å². The molecule has 0 atom stereocenters. The fourth-order valence-corrected chi connectivity index (χ4v) is 1.96. The summed E-state index contributed by atoms with van der Waals surface area (Å²) in [4.78, 5) is 11.9. The normalized spacial score (nSPS) is 10.3. The number of carbonyl (C=O) groups excluding carboxylic acids is 1. The molecule has 1 N–H and O–H groups in total. The summed E-state index contributed by atoms with van der Waals surface area (Å²) in [5, 5.41) is 13.7. The molecule has 0 bridgehead atoms. The van der Waals surface area contributed by atoms with Gasteiger partial charge in [0, 0.05) is 5.69 Å². The Morgan fingerprint density at radius 1 is 1.13 bits per heavy atom. The highest BCUT2D eigenvalue weighted by molar-refractivity contribution is 5.91. The lowest BCUT2D eigenvalue weighted by molar-refractivity contribution is -0.118. The highest BCUT2D eigenvalue weighted by Crippen LogP contribution is 2.14. The zero-order chi connectivity index (χ0) is 16.1. The second-order valence-electron chi connectivity index (χ2n) is 4.95. The number of ether oxygens (including phenoxy) is 1. The van der Waals surface area contributed by atoms with Crippen LogP contribution in [0.2, 0.25) is 0 Å². The predicted molar refractivity (Wildman–Crippen MR) is 84.5 cm³/mol. The first-order chi connectivity index (χ1) is 11.2. The maximum absolute atomic E-state index is 11.9. The van der Waals surface area contributed by atoms with Gasteiger partial charge in [0.15, 0.2) is 6.61 Å². The molecule has 0 spiro atoms. The van der Waals surface area contributed by atoms with Gasteiger partial charge < -0.3 is 10.1 Å². The summed E-state index contributed by atoms with van der Waals surface area (Å²) in [5.74, 6) is 0.388. The number of rotatable bonds is 5. The Morgan fingerprint density at radius 2 is 1.87 bits per heavy atom. The molecule has 1 heterocycles. The van der Waals surface area contributed by atoms with Crippen LogP contribution in [0.5, 0.6) is 5.75 Å². The lowest BCUT2D eigenvalue weighted by atomic mass is 10.2. The average Bonchev–Trinajstić information content (AvgIpc) is 3.10. The second kappa shape index (κ2) is 6.69. The Balaban J connectivity index is 1.53. The van der Waals surface area contributed by atoms with Gasteiger partial charge in [0.2, 0.25) is 0 Å². The number of nitrogens with zero attached hydrogens (tertiary/aromatic N) is 4. The molecule has 3 rings (SSSR count). The van der Waals surface area contributed by atoms with E-state index in [2.05, 4.69) is 20.8 Å². The maximum atomic E-state index is 11.9. The van der Waals surface area contributed by atoms with Crippen molar-refractivity contribution in [2.24, 2.45) is 0 Å². The van der Waals surface area contributed by atoms with Crippen LogP contribution in [-0.2, 0) is 4.79 Å². The molecule has 7 nitrogen and oxygen atoms in total. The number of tetrazole rings is 1. The topological polar surface area (TPSA) is 81.9 Å². The smallest absolute Gasteiger partial charge is 0.262 e. The van der Waals surface area contributed by atoms with Crippen LogP contribution in [0.4, 0.5) is 5.69 Å². The van der Waals surface area contributed by atoms with Crippen molar-refractivity contribution in [3.63, 3.8) is 0 Å². The Bertz CT molecular complexity index is 767. The predicted octanol–water partition coefficient (Wildman–Crippen LogP) is 1.99. The standard InChI is InChI=1S/C16H15N5O2/c1-12-2-4-13(5-3-12)18-16(22)10-23-15-8-6-14(7-9-15)21-11-17-19-20-21/h2-9,11H,10H2,1H3,(H,18,22). The van der Waals surface area contributed by atoms with Crippen LogP contribution in [0.15, 0.2) is 54.9 Å². The van der Waals surface area contributed by atoms with Gasteiger partial charge in [-0.2, -0.15) is 0 Å². The van der Waals surface area contributed by atoms with E-state index in [1.54, 1.807) is 12.1 Å². The molecule has 0 radical (unpaired) electrons. The molecule has 23 heavy (non-hydrogen) atoms. The molecule has 3 aromatic rings. The Kier molecular flexibility index (Phi) is 4.28. The van der Waals surface area contributed by atoms with Gasteiger partial charge in [-0.3, -0.25) is 4.79 Å². The Labute approximate surface area is 132 Å². The fraction of sp³-hybridized carbons (Fsp3) is 0.125. The zero-order valence-corrected chi connectivity index (χ0v) is 12.5. The van der Waals surface area contributed by atoms with Gasteiger partial charge in [0.25, 0.3) is 5.91 Å². The number of aromatic nitrogens is 4. The summed E-state index contributed by atoms with van der Waals surface area (Å²) in [6, 6.07) is 14.7. The van der Waals surface area contributed by atoms with Gasteiger partial charge >= 0.3 is 0 Å². The number of carbonyl (C=O) groups is 1. The third kappa shape index (κ3) is 3.91. The number of anilines is 1. The van der Waals surface area contributed by atoms with Crippen molar-refractivity contribution in [3.8, 4) is 11.4 Å². The highest BCUT2D eigenvalue weighted by Gasteiger charge is 2.04. The van der Waals surface area contributed by atoms with Crippen LogP contribution < -0.4 is 10.1 Å². The maximum Gasteiger partial charge on any atom is 0.262 e. The first-order valence-corrected chi connectivity index (χ1v) is 7.03. The van der Waals surface area contributed by atoms with Gasteiger partial charge in [-0.15, -0.1) is 5.10 Å². The molecular weight excluding hydrogens is 294 g/mol. The summed E-state index contributed by atoms with van der Waals surface area (Å²) in [7, 11) is 0. The molecule has 1 amide bonds. The molecule has 0 aliphatic heterocycles. The van der Waals surface area contributed by atoms with Crippen molar-refractivity contribution in [1.82, 2.24) is 20.2 Å². The molecule has 0 aliphatic carbocycles. The van der Waals surface area contributed by atoms with Crippen molar-refractivity contribution in [2.45, 2.75) is 6.92 Å². The summed E-state index contributed by atoms with van der Waals surface area (Å²) < 4.78 is 7.00. The lowest BCUT2D eigenvalue weighted by Gasteiger charge is -2.08. The van der Waals surface area contributed by atoms with E-state index in [0.29, 0.717) is 5.75 Å². The van der Waals surface area contributed by atoms with E-state index in [1.807, 2.05) is 43.3 Å². The van der Waals surface area contributed by atoms with Crippen LogP contribution in [0.1, 0.15) is 5.56 Å².